The zero-order valence-electron chi connectivity index (χ0n) is 11.9. The molecule has 0 bridgehead atoms. The van der Waals surface area contributed by atoms with Crippen LogP contribution >= 0.6 is 0 Å². The summed E-state index contributed by atoms with van der Waals surface area (Å²) in [5.41, 5.74) is 7.53. The number of hydrogen-bond acceptors (Lipinski definition) is 2. The second kappa shape index (κ2) is 5.74. The monoisotopic (exact) mass is 260 g/mol. The van der Waals surface area contributed by atoms with E-state index < -0.39 is 0 Å². The third kappa shape index (κ3) is 3.80. The summed E-state index contributed by atoms with van der Waals surface area (Å²) in [5, 5.41) is 0. The van der Waals surface area contributed by atoms with Crippen LogP contribution < -0.4 is 5.73 Å². The van der Waals surface area contributed by atoms with Gasteiger partial charge in [0.25, 0.3) is 0 Å². The van der Waals surface area contributed by atoms with Gasteiger partial charge in [0.1, 0.15) is 0 Å². The molecule has 0 radical (unpaired) electrons. The third-order valence-corrected chi connectivity index (χ3v) is 3.89. The van der Waals surface area contributed by atoms with Gasteiger partial charge in [-0.05, 0) is 30.2 Å². The average Bonchev–Trinajstić information content (AvgIpc) is 2.76. The minimum atomic E-state index is -0.367. The van der Waals surface area contributed by atoms with E-state index in [1.54, 1.807) is 0 Å². The highest BCUT2D eigenvalue weighted by Gasteiger charge is 2.33. The number of aryl methyl sites for hydroxylation is 1. The molecule has 1 amide bonds. The van der Waals surface area contributed by atoms with Crippen molar-refractivity contribution < 1.29 is 4.79 Å². The van der Waals surface area contributed by atoms with Crippen LogP contribution in [-0.2, 0) is 11.2 Å². The van der Waals surface area contributed by atoms with Crippen molar-refractivity contribution in [3.8, 4) is 0 Å². The maximum absolute atomic E-state index is 12.3. The lowest BCUT2D eigenvalue weighted by atomic mass is 9.93. The van der Waals surface area contributed by atoms with Crippen molar-refractivity contribution in [3.05, 3.63) is 35.9 Å². The largest absolute Gasteiger partial charge is 0.341 e. The summed E-state index contributed by atoms with van der Waals surface area (Å²) in [5.74, 6) is 0.113. The van der Waals surface area contributed by atoms with Gasteiger partial charge in [-0.25, -0.2) is 0 Å². The molecule has 2 rings (SSSR count). The Kier molecular flexibility index (Phi) is 4.25. The van der Waals surface area contributed by atoms with Crippen LogP contribution in [0.2, 0.25) is 0 Å². The highest BCUT2D eigenvalue weighted by atomic mass is 16.2. The predicted molar refractivity (Wildman–Crippen MR) is 77.7 cm³/mol. The maximum Gasteiger partial charge on any atom is 0.239 e. The number of amides is 1. The maximum atomic E-state index is 12.3. The highest BCUT2D eigenvalue weighted by Crippen LogP contribution is 2.29. The Hall–Kier alpha value is -1.35. The lowest BCUT2D eigenvalue weighted by Crippen LogP contribution is -2.43. The number of nitrogens with zero attached hydrogens (tertiary/aromatic N) is 1. The van der Waals surface area contributed by atoms with Crippen LogP contribution in [0.25, 0.3) is 0 Å². The lowest BCUT2D eigenvalue weighted by molar-refractivity contribution is -0.132. The number of benzene rings is 1. The summed E-state index contributed by atoms with van der Waals surface area (Å²) in [6, 6.07) is 9.83. The van der Waals surface area contributed by atoms with Gasteiger partial charge in [0.15, 0.2) is 0 Å². The zero-order valence-corrected chi connectivity index (χ0v) is 11.9. The Morgan fingerprint density at radius 3 is 2.63 bits per heavy atom. The Morgan fingerprint density at radius 1 is 1.37 bits per heavy atom. The highest BCUT2D eigenvalue weighted by molar-refractivity contribution is 5.82. The van der Waals surface area contributed by atoms with Crippen LogP contribution in [-0.4, -0.2) is 29.9 Å². The molecule has 2 N–H and O–H groups in total. The quantitative estimate of drug-likeness (QED) is 0.902. The van der Waals surface area contributed by atoms with Gasteiger partial charge in [0.05, 0.1) is 6.04 Å². The van der Waals surface area contributed by atoms with E-state index in [4.69, 9.17) is 5.73 Å². The van der Waals surface area contributed by atoms with E-state index in [2.05, 4.69) is 26.0 Å². The molecule has 1 aromatic carbocycles. The number of carbonyl (C=O) groups excluding carboxylic acids is 1. The fourth-order valence-corrected chi connectivity index (χ4v) is 2.63. The molecule has 1 aliphatic heterocycles. The molecule has 3 nitrogen and oxygen atoms in total. The van der Waals surface area contributed by atoms with Crippen molar-refractivity contribution in [1.82, 2.24) is 4.90 Å². The van der Waals surface area contributed by atoms with Crippen molar-refractivity contribution in [1.29, 1.82) is 0 Å². The average molecular weight is 260 g/mol. The predicted octanol–water partition coefficient (Wildman–Crippen LogP) is 2.21. The summed E-state index contributed by atoms with van der Waals surface area (Å²) in [7, 11) is 0. The topological polar surface area (TPSA) is 46.3 Å². The van der Waals surface area contributed by atoms with E-state index in [-0.39, 0.29) is 17.4 Å². The molecular formula is C16H24N2O. The van der Waals surface area contributed by atoms with Crippen molar-refractivity contribution in [2.45, 2.75) is 39.2 Å². The van der Waals surface area contributed by atoms with Gasteiger partial charge in [-0.15, -0.1) is 0 Å². The van der Waals surface area contributed by atoms with Crippen LogP contribution in [0.1, 0.15) is 32.3 Å². The first-order valence-corrected chi connectivity index (χ1v) is 7.06. The van der Waals surface area contributed by atoms with Gasteiger partial charge in [-0.2, -0.15) is 0 Å². The minimum Gasteiger partial charge on any atom is -0.341 e. The lowest BCUT2D eigenvalue weighted by Gasteiger charge is -2.23. The normalized spacial score (nSPS) is 19.4. The summed E-state index contributed by atoms with van der Waals surface area (Å²) in [4.78, 5) is 14.2. The summed E-state index contributed by atoms with van der Waals surface area (Å²) >= 11 is 0. The van der Waals surface area contributed by atoms with E-state index >= 15 is 0 Å². The van der Waals surface area contributed by atoms with Gasteiger partial charge in [0, 0.05) is 13.1 Å². The van der Waals surface area contributed by atoms with Gasteiger partial charge >= 0.3 is 0 Å². The molecule has 0 saturated carbocycles. The van der Waals surface area contributed by atoms with E-state index in [1.165, 1.54) is 5.56 Å². The molecule has 0 unspecified atom stereocenters. The first-order chi connectivity index (χ1) is 8.98. The van der Waals surface area contributed by atoms with Gasteiger partial charge < -0.3 is 10.6 Å². The Morgan fingerprint density at radius 2 is 2.05 bits per heavy atom. The van der Waals surface area contributed by atoms with Crippen LogP contribution in [0.4, 0.5) is 0 Å². The molecule has 1 heterocycles. The number of carbonyl (C=O) groups is 1. The second-order valence-electron chi connectivity index (χ2n) is 6.30. The van der Waals surface area contributed by atoms with E-state index in [9.17, 15) is 4.79 Å². The molecule has 0 spiro atoms. The number of hydrogen-bond donors (Lipinski definition) is 1. The number of rotatable bonds is 4. The van der Waals surface area contributed by atoms with Crippen molar-refractivity contribution in [2.24, 2.45) is 11.1 Å². The first kappa shape index (κ1) is 14.1. The molecule has 1 saturated heterocycles. The SMILES string of the molecule is CC1(C)CCN(C(=O)[C@@H](N)CCc2ccccc2)C1. The van der Waals surface area contributed by atoms with E-state index in [0.717, 1.165) is 32.4 Å². The number of likely N-dealkylation sites (tertiary alicyclic amines) is 1. The molecule has 19 heavy (non-hydrogen) atoms. The Labute approximate surface area is 115 Å². The molecule has 1 aliphatic rings. The molecule has 3 heteroatoms. The Balaban J connectivity index is 1.83. The van der Waals surface area contributed by atoms with E-state index in [0.29, 0.717) is 0 Å². The molecule has 1 aromatic rings. The van der Waals surface area contributed by atoms with Gasteiger partial charge in [0.2, 0.25) is 5.91 Å². The summed E-state index contributed by atoms with van der Waals surface area (Å²) in [6.07, 6.45) is 2.66. The van der Waals surface area contributed by atoms with Crippen molar-refractivity contribution >= 4 is 5.91 Å². The molecule has 1 atom stereocenters. The van der Waals surface area contributed by atoms with Crippen molar-refractivity contribution in [2.75, 3.05) is 13.1 Å². The van der Waals surface area contributed by atoms with E-state index in [1.807, 2.05) is 23.1 Å². The first-order valence-electron chi connectivity index (χ1n) is 7.06. The van der Waals surface area contributed by atoms with Crippen LogP contribution in [0.15, 0.2) is 30.3 Å². The minimum absolute atomic E-state index is 0.113. The standard InChI is InChI=1S/C16H24N2O/c1-16(2)10-11-18(12-16)15(19)14(17)9-8-13-6-4-3-5-7-13/h3-7,14H,8-12,17H2,1-2H3/t14-/m0/s1. The zero-order chi connectivity index (χ0) is 13.9. The number of nitrogens with two attached hydrogens (primary N) is 1. The molecule has 0 aliphatic carbocycles. The van der Waals surface area contributed by atoms with Gasteiger partial charge in [-0.3, -0.25) is 4.79 Å². The van der Waals surface area contributed by atoms with Crippen molar-refractivity contribution in [3.63, 3.8) is 0 Å². The summed E-state index contributed by atoms with van der Waals surface area (Å²) < 4.78 is 0. The smallest absolute Gasteiger partial charge is 0.239 e. The fourth-order valence-electron chi connectivity index (χ4n) is 2.63. The summed E-state index contributed by atoms with van der Waals surface area (Å²) in [6.45, 7) is 6.10. The molecule has 104 valence electrons. The van der Waals surface area contributed by atoms with Crippen LogP contribution in [0, 0.1) is 5.41 Å². The van der Waals surface area contributed by atoms with Crippen LogP contribution in [0.3, 0.4) is 0 Å². The molecular weight excluding hydrogens is 236 g/mol. The van der Waals surface area contributed by atoms with Crippen LogP contribution in [0.5, 0.6) is 0 Å². The third-order valence-electron chi connectivity index (χ3n) is 3.89. The molecule has 1 fully saturated rings. The van der Waals surface area contributed by atoms with Gasteiger partial charge in [-0.1, -0.05) is 44.2 Å². The second-order valence-corrected chi connectivity index (χ2v) is 6.30. The molecule has 0 aromatic heterocycles. The fraction of sp³-hybridized carbons (Fsp3) is 0.562. The Bertz CT molecular complexity index is 428.